The van der Waals surface area contributed by atoms with Gasteiger partial charge in [-0.1, -0.05) is 22.0 Å². The van der Waals surface area contributed by atoms with E-state index in [0.29, 0.717) is 11.3 Å². The normalized spacial score (nSPS) is 12.5. The van der Waals surface area contributed by atoms with Gasteiger partial charge in [0.15, 0.2) is 0 Å². The fourth-order valence-electron chi connectivity index (χ4n) is 1.04. The van der Waals surface area contributed by atoms with Crippen LogP contribution in [0.5, 0.6) is 5.75 Å². The van der Waals surface area contributed by atoms with Crippen LogP contribution in [0.3, 0.4) is 0 Å². The molecule has 0 unspecified atom stereocenters. The molecule has 0 bridgehead atoms. The summed E-state index contributed by atoms with van der Waals surface area (Å²) in [5, 5.41) is 9.60. The molecule has 0 aliphatic carbocycles. The van der Waals surface area contributed by atoms with Crippen molar-refractivity contribution in [1.29, 1.82) is 0 Å². The average molecular weight is 243 g/mol. The van der Waals surface area contributed by atoms with Gasteiger partial charge in [0, 0.05) is 10.0 Å². The van der Waals surface area contributed by atoms with Gasteiger partial charge in [0.25, 0.3) is 0 Å². The van der Waals surface area contributed by atoms with Crippen LogP contribution in [0.2, 0.25) is 0 Å². The Morgan fingerprint density at radius 2 is 2.15 bits per heavy atom. The minimum absolute atomic E-state index is 0.0155. The van der Waals surface area contributed by atoms with E-state index in [4.69, 9.17) is 11.5 Å². The number of phenolic OH excluding ortho intramolecular Hbond substituents is 1. The van der Waals surface area contributed by atoms with Crippen molar-refractivity contribution in [3.05, 3.63) is 34.8 Å². The average Bonchev–Trinajstić information content (AvgIpc) is 2.12. The highest BCUT2D eigenvalue weighted by Crippen LogP contribution is 2.35. The molecule has 0 radical (unpaired) electrons. The quantitative estimate of drug-likeness (QED) is 0.422. The predicted molar refractivity (Wildman–Crippen MR) is 57.3 cm³/mol. The van der Waals surface area contributed by atoms with E-state index < -0.39 is 6.04 Å². The van der Waals surface area contributed by atoms with E-state index in [-0.39, 0.29) is 5.75 Å². The molecule has 0 aliphatic heterocycles. The van der Waals surface area contributed by atoms with Crippen LogP contribution >= 0.6 is 15.9 Å². The first kappa shape index (κ1) is 10.1. The van der Waals surface area contributed by atoms with E-state index in [1.165, 1.54) is 0 Å². The first-order valence-electron chi connectivity index (χ1n) is 3.73. The second kappa shape index (κ2) is 3.81. The molecule has 5 N–H and O–H groups in total. The molecule has 1 aromatic rings. The van der Waals surface area contributed by atoms with E-state index in [1.807, 2.05) is 0 Å². The standard InChI is InChI=1S/C9H11BrN2O/c1-2-6(11)8-5(10)3-4-7(12)9(8)13/h2-4,6,13H,1,11-12H2/t6-/m1/s1. The van der Waals surface area contributed by atoms with Gasteiger partial charge in [-0.05, 0) is 12.1 Å². The molecule has 4 heteroatoms. The summed E-state index contributed by atoms with van der Waals surface area (Å²) in [7, 11) is 0. The van der Waals surface area contributed by atoms with Crippen molar-refractivity contribution < 1.29 is 5.11 Å². The van der Waals surface area contributed by atoms with Crippen molar-refractivity contribution in [3.63, 3.8) is 0 Å². The largest absolute Gasteiger partial charge is 0.505 e. The number of hydrogen-bond acceptors (Lipinski definition) is 3. The molecule has 0 saturated carbocycles. The molecule has 0 saturated heterocycles. The highest BCUT2D eigenvalue weighted by molar-refractivity contribution is 9.10. The maximum atomic E-state index is 9.60. The Balaban J connectivity index is 3.32. The Morgan fingerprint density at radius 3 is 2.69 bits per heavy atom. The number of rotatable bonds is 2. The molecule has 13 heavy (non-hydrogen) atoms. The zero-order chi connectivity index (χ0) is 10.0. The highest BCUT2D eigenvalue weighted by Gasteiger charge is 2.13. The third-order valence-corrected chi connectivity index (χ3v) is 2.47. The van der Waals surface area contributed by atoms with Gasteiger partial charge in [0.05, 0.1) is 11.7 Å². The maximum Gasteiger partial charge on any atom is 0.144 e. The van der Waals surface area contributed by atoms with Gasteiger partial charge in [-0.2, -0.15) is 0 Å². The second-order valence-electron chi connectivity index (χ2n) is 2.66. The Kier molecular flexibility index (Phi) is 2.95. The fourth-order valence-corrected chi connectivity index (χ4v) is 1.62. The molecular formula is C9H11BrN2O. The van der Waals surface area contributed by atoms with Crippen LogP contribution in [-0.4, -0.2) is 5.11 Å². The lowest BCUT2D eigenvalue weighted by Crippen LogP contribution is -2.08. The first-order chi connectivity index (χ1) is 6.07. The van der Waals surface area contributed by atoms with Gasteiger partial charge in [-0.15, -0.1) is 6.58 Å². The topological polar surface area (TPSA) is 72.3 Å². The number of halogens is 1. The molecule has 0 spiro atoms. The van der Waals surface area contributed by atoms with E-state index in [0.717, 1.165) is 4.47 Å². The number of benzene rings is 1. The molecule has 0 aliphatic rings. The number of nitrogen functional groups attached to an aromatic ring is 1. The molecule has 3 nitrogen and oxygen atoms in total. The van der Waals surface area contributed by atoms with E-state index >= 15 is 0 Å². The molecular weight excluding hydrogens is 232 g/mol. The van der Waals surface area contributed by atoms with Crippen LogP contribution in [0, 0.1) is 0 Å². The molecule has 1 atom stereocenters. The van der Waals surface area contributed by atoms with Gasteiger partial charge < -0.3 is 16.6 Å². The maximum absolute atomic E-state index is 9.60. The number of anilines is 1. The Morgan fingerprint density at radius 1 is 1.54 bits per heavy atom. The van der Waals surface area contributed by atoms with E-state index in [2.05, 4.69) is 22.5 Å². The monoisotopic (exact) mass is 242 g/mol. The van der Waals surface area contributed by atoms with Crippen LogP contribution in [0.15, 0.2) is 29.3 Å². The van der Waals surface area contributed by atoms with Crippen molar-refractivity contribution in [2.24, 2.45) is 5.73 Å². The van der Waals surface area contributed by atoms with Crippen LogP contribution in [-0.2, 0) is 0 Å². The van der Waals surface area contributed by atoms with Crippen LogP contribution < -0.4 is 11.5 Å². The molecule has 70 valence electrons. The minimum Gasteiger partial charge on any atom is -0.505 e. The number of phenols is 1. The summed E-state index contributed by atoms with van der Waals surface area (Å²) >= 11 is 3.28. The fraction of sp³-hybridized carbons (Fsp3) is 0.111. The van der Waals surface area contributed by atoms with Crippen molar-refractivity contribution in [2.75, 3.05) is 5.73 Å². The van der Waals surface area contributed by atoms with Crippen LogP contribution in [0.25, 0.3) is 0 Å². The SMILES string of the molecule is C=C[C@@H](N)c1c(Br)ccc(N)c1O. The smallest absolute Gasteiger partial charge is 0.144 e. The van der Waals surface area contributed by atoms with Gasteiger partial charge in [-0.3, -0.25) is 0 Å². The Hall–Kier alpha value is -1.00. The van der Waals surface area contributed by atoms with Crippen molar-refractivity contribution >= 4 is 21.6 Å². The molecule has 0 heterocycles. The lowest BCUT2D eigenvalue weighted by Gasteiger charge is -2.12. The summed E-state index contributed by atoms with van der Waals surface area (Å²) < 4.78 is 0.728. The first-order valence-corrected chi connectivity index (χ1v) is 4.52. The number of nitrogens with two attached hydrogens (primary N) is 2. The predicted octanol–water partition coefficient (Wildman–Crippen LogP) is 1.92. The number of aromatic hydroxyl groups is 1. The molecule has 1 rings (SSSR count). The number of hydrogen-bond donors (Lipinski definition) is 3. The second-order valence-corrected chi connectivity index (χ2v) is 3.51. The minimum atomic E-state index is -0.419. The van der Waals surface area contributed by atoms with E-state index in [1.54, 1.807) is 18.2 Å². The lowest BCUT2D eigenvalue weighted by atomic mass is 10.1. The molecule has 0 fully saturated rings. The highest BCUT2D eigenvalue weighted by atomic mass is 79.9. The van der Waals surface area contributed by atoms with Gasteiger partial charge in [-0.25, -0.2) is 0 Å². The molecule has 0 aromatic heterocycles. The third-order valence-electron chi connectivity index (χ3n) is 1.78. The zero-order valence-corrected chi connectivity index (χ0v) is 8.58. The molecule has 0 amide bonds. The van der Waals surface area contributed by atoms with Gasteiger partial charge >= 0.3 is 0 Å². The van der Waals surface area contributed by atoms with Crippen LogP contribution in [0.1, 0.15) is 11.6 Å². The van der Waals surface area contributed by atoms with Crippen molar-refractivity contribution in [2.45, 2.75) is 6.04 Å². The van der Waals surface area contributed by atoms with Crippen LogP contribution in [0.4, 0.5) is 5.69 Å². The van der Waals surface area contributed by atoms with Gasteiger partial charge in [0.2, 0.25) is 0 Å². The summed E-state index contributed by atoms with van der Waals surface area (Å²) in [4.78, 5) is 0. The summed E-state index contributed by atoms with van der Waals surface area (Å²) in [6.07, 6.45) is 1.54. The van der Waals surface area contributed by atoms with Gasteiger partial charge in [0.1, 0.15) is 5.75 Å². The Labute approximate surface area is 85.2 Å². The summed E-state index contributed by atoms with van der Waals surface area (Å²) in [6, 6.07) is 2.94. The molecule has 1 aromatic carbocycles. The summed E-state index contributed by atoms with van der Waals surface area (Å²) in [6.45, 7) is 3.55. The summed E-state index contributed by atoms with van der Waals surface area (Å²) in [5.74, 6) is 0.0155. The lowest BCUT2D eigenvalue weighted by molar-refractivity contribution is 0.468. The van der Waals surface area contributed by atoms with E-state index in [9.17, 15) is 5.11 Å². The summed E-state index contributed by atoms with van der Waals surface area (Å²) in [5.41, 5.74) is 12.1. The van der Waals surface area contributed by atoms with Crippen molar-refractivity contribution in [1.82, 2.24) is 0 Å². The third kappa shape index (κ3) is 1.84. The zero-order valence-electron chi connectivity index (χ0n) is 7.00. The van der Waals surface area contributed by atoms with Crippen molar-refractivity contribution in [3.8, 4) is 5.75 Å². The Bertz CT molecular complexity index is 339.